The molecule has 1 aliphatic heterocycles. The largest absolute Gasteiger partial charge is 0.370 e. The second-order valence-electron chi connectivity index (χ2n) is 7.28. The number of hydrogen-bond donors (Lipinski definition) is 0. The van der Waals surface area contributed by atoms with E-state index in [0.29, 0.717) is 13.2 Å². The summed E-state index contributed by atoms with van der Waals surface area (Å²) in [6.07, 6.45) is 2.50. The number of hydrogen-bond acceptors (Lipinski definition) is 5. The molecule has 0 amide bonds. The second-order valence-corrected chi connectivity index (χ2v) is 9.31. The molecular weight excluding hydrogens is 376 g/mol. The third-order valence-corrected chi connectivity index (χ3v) is 6.83. The molecule has 0 radical (unpaired) electrons. The predicted molar refractivity (Wildman–Crippen MR) is 113 cm³/mol. The van der Waals surface area contributed by atoms with Crippen LogP contribution in [-0.4, -0.2) is 15.2 Å². The van der Waals surface area contributed by atoms with Gasteiger partial charge in [0.1, 0.15) is 4.83 Å². The van der Waals surface area contributed by atoms with Crippen LogP contribution in [0.4, 0.5) is 0 Å². The van der Waals surface area contributed by atoms with Crippen molar-refractivity contribution in [1.29, 1.82) is 0 Å². The molecule has 140 valence electrons. The van der Waals surface area contributed by atoms with Crippen molar-refractivity contribution in [2.45, 2.75) is 49.9 Å². The summed E-state index contributed by atoms with van der Waals surface area (Å²) >= 11 is 3.18. The van der Waals surface area contributed by atoms with Crippen molar-refractivity contribution in [3.8, 4) is 0 Å². The highest BCUT2D eigenvalue weighted by Gasteiger charge is 2.31. The van der Waals surface area contributed by atoms with E-state index in [1.807, 2.05) is 18.2 Å². The first kappa shape index (κ1) is 18.5. The monoisotopic (exact) mass is 398 g/mol. The molecule has 2 aromatic heterocycles. The first-order chi connectivity index (χ1) is 13.0. The number of fused-ring (bicyclic) bond motifs is 3. The van der Waals surface area contributed by atoms with Gasteiger partial charge in [0.25, 0.3) is 5.56 Å². The fourth-order valence-electron chi connectivity index (χ4n) is 3.33. The minimum atomic E-state index is -0.253. The molecule has 0 saturated heterocycles. The first-order valence-electron chi connectivity index (χ1n) is 8.95. The molecule has 4 rings (SSSR count). The first-order valence-corrected chi connectivity index (χ1v) is 10.8. The van der Waals surface area contributed by atoms with E-state index in [4.69, 9.17) is 9.72 Å². The molecule has 0 fully saturated rings. The van der Waals surface area contributed by atoms with Crippen molar-refractivity contribution < 1.29 is 4.74 Å². The number of aromatic nitrogens is 2. The van der Waals surface area contributed by atoms with Crippen LogP contribution < -0.4 is 5.56 Å². The molecular formula is C21H22N2O2S2. The van der Waals surface area contributed by atoms with Gasteiger partial charge < -0.3 is 4.74 Å². The molecule has 1 aliphatic rings. The van der Waals surface area contributed by atoms with Crippen LogP contribution >= 0.6 is 23.1 Å². The molecule has 0 unspecified atom stereocenters. The van der Waals surface area contributed by atoms with Crippen LogP contribution in [0.5, 0.6) is 0 Å². The Morgan fingerprint density at radius 3 is 2.89 bits per heavy atom. The molecule has 3 aromatic rings. The van der Waals surface area contributed by atoms with Crippen molar-refractivity contribution in [1.82, 2.24) is 9.55 Å². The summed E-state index contributed by atoms with van der Waals surface area (Å²) in [7, 11) is 0. The van der Waals surface area contributed by atoms with Crippen molar-refractivity contribution in [2.24, 2.45) is 0 Å². The zero-order valence-corrected chi connectivity index (χ0v) is 17.2. The minimum Gasteiger partial charge on any atom is -0.370 e. The normalized spacial score (nSPS) is 15.6. The molecule has 3 heterocycles. The van der Waals surface area contributed by atoms with E-state index in [0.717, 1.165) is 38.0 Å². The Hall–Kier alpha value is -1.89. The highest BCUT2D eigenvalue weighted by Crippen LogP contribution is 2.37. The molecule has 0 spiro atoms. The van der Waals surface area contributed by atoms with E-state index >= 15 is 0 Å². The Morgan fingerprint density at radius 2 is 2.15 bits per heavy atom. The topological polar surface area (TPSA) is 44.1 Å². The lowest BCUT2D eigenvalue weighted by atomic mass is 9.94. The summed E-state index contributed by atoms with van der Waals surface area (Å²) in [5.41, 5.74) is 2.10. The smallest absolute Gasteiger partial charge is 0.263 e. The van der Waals surface area contributed by atoms with Gasteiger partial charge in [-0.25, -0.2) is 4.98 Å². The zero-order chi connectivity index (χ0) is 19.0. The van der Waals surface area contributed by atoms with Gasteiger partial charge in [-0.1, -0.05) is 48.2 Å². The summed E-state index contributed by atoms with van der Waals surface area (Å²) < 4.78 is 7.68. The quantitative estimate of drug-likeness (QED) is 0.352. The Bertz CT molecular complexity index is 1050. The number of thiophene rings is 1. The van der Waals surface area contributed by atoms with Crippen LogP contribution in [-0.2, 0) is 30.1 Å². The van der Waals surface area contributed by atoms with Gasteiger partial charge in [0.2, 0.25) is 0 Å². The maximum atomic E-state index is 13.3. The second kappa shape index (κ2) is 7.26. The number of nitrogens with zero attached hydrogens (tertiary/aromatic N) is 2. The van der Waals surface area contributed by atoms with Gasteiger partial charge >= 0.3 is 0 Å². The van der Waals surface area contributed by atoms with E-state index in [-0.39, 0.29) is 11.2 Å². The van der Waals surface area contributed by atoms with E-state index in [1.165, 1.54) is 5.56 Å². The van der Waals surface area contributed by atoms with E-state index in [1.54, 1.807) is 33.7 Å². The maximum Gasteiger partial charge on any atom is 0.263 e. The van der Waals surface area contributed by atoms with E-state index in [2.05, 4.69) is 32.6 Å². The highest BCUT2D eigenvalue weighted by molar-refractivity contribution is 7.98. The molecule has 4 nitrogen and oxygen atoms in total. The molecule has 0 aliphatic carbocycles. The molecule has 27 heavy (non-hydrogen) atoms. The van der Waals surface area contributed by atoms with Gasteiger partial charge in [0.15, 0.2) is 5.16 Å². The Morgan fingerprint density at radius 1 is 1.37 bits per heavy atom. The van der Waals surface area contributed by atoms with Crippen LogP contribution in [0.2, 0.25) is 0 Å². The summed E-state index contributed by atoms with van der Waals surface area (Å²) in [6, 6.07) is 10.2. The zero-order valence-electron chi connectivity index (χ0n) is 15.5. The standard InChI is InChI=1S/C21H22N2O2S2/c1-4-10-23-19(24)17-15-11-21(2,3)25-12-16(15)27-18(17)22-20(23)26-13-14-8-6-5-7-9-14/h4-9H,1,10-13H2,2-3H3. The van der Waals surface area contributed by atoms with Gasteiger partial charge in [-0.05, 0) is 25.0 Å². The van der Waals surface area contributed by atoms with Gasteiger partial charge in [-0.15, -0.1) is 17.9 Å². The summed E-state index contributed by atoms with van der Waals surface area (Å²) in [5, 5.41) is 1.51. The van der Waals surface area contributed by atoms with Crippen LogP contribution in [0.15, 0.2) is 52.9 Å². The van der Waals surface area contributed by atoms with Gasteiger partial charge in [-0.3, -0.25) is 9.36 Å². The summed E-state index contributed by atoms with van der Waals surface area (Å²) in [5.74, 6) is 0.775. The molecule has 0 saturated carbocycles. The Kier molecular flexibility index (Phi) is 4.97. The van der Waals surface area contributed by atoms with Crippen LogP contribution in [0, 0.1) is 0 Å². The average molecular weight is 399 g/mol. The van der Waals surface area contributed by atoms with Crippen molar-refractivity contribution >= 4 is 33.3 Å². The number of thioether (sulfide) groups is 1. The molecule has 0 bridgehead atoms. The van der Waals surface area contributed by atoms with Crippen LogP contribution in [0.1, 0.15) is 29.9 Å². The number of rotatable bonds is 5. The fraction of sp³-hybridized carbons (Fsp3) is 0.333. The maximum absolute atomic E-state index is 13.3. The summed E-state index contributed by atoms with van der Waals surface area (Å²) in [4.78, 5) is 20.1. The van der Waals surface area contributed by atoms with Gasteiger partial charge in [0, 0.05) is 23.6 Å². The number of ether oxygens (including phenoxy) is 1. The van der Waals surface area contributed by atoms with Crippen molar-refractivity contribution in [3.05, 3.63) is 69.3 Å². The third kappa shape index (κ3) is 3.61. The average Bonchev–Trinajstić information content (AvgIpc) is 3.00. The highest BCUT2D eigenvalue weighted by atomic mass is 32.2. The lowest BCUT2D eigenvalue weighted by Crippen LogP contribution is -2.32. The van der Waals surface area contributed by atoms with Crippen molar-refractivity contribution in [2.75, 3.05) is 0 Å². The Labute approximate surface area is 166 Å². The minimum absolute atomic E-state index is 0.0330. The third-order valence-electron chi connectivity index (χ3n) is 4.68. The lowest BCUT2D eigenvalue weighted by Gasteiger charge is -2.29. The molecule has 0 atom stereocenters. The van der Waals surface area contributed by atoms with E-state index < -0.39 is 0 Å². The van der Waals surface area contributed by atoms with Crippen molar-refractivity contribution in [3.63, 3.8) is 0 Å². The molecule has 1 aromatic carbocycles. The number of benzene rings is 1. The van der Waals surface area contributed by atoms with Gasteiger partial charge in [0.05, 0.1) is 17.6 Å². The van der Waals surface area contributed by atoms with Crippen LogP contribution in [0.3, 0.4) is 0 Å². The Balaban J connectivity index is 1.79. The molecule has 0 N–H and O–H groups in total. The SMILES string of the molecule is C=CCn1c(SCc2ccccc2)nc2sc3c(c2c1=O)CC(C)(C)OC3. The summed E-state index contributed by atoms with van der Waals surface area (Å²) in [6.45, 7) is 8.97. The lowest BCUT2D eigenvalue weighted by molar-refractivity contribution is -0.0379. The predicted octanol–water partition coefficient (Wildman–Crippen LogP) is 4.79. The number of allylic oxidation sites excluding steroid dienone is 1. The van der Waals surface area contributed by atoms with E-state index in [9.17, 15) is 4.79 Å². The fourth-order valence-corrected chi connectivity index (χ4v) is 5.44. The van der Waals surface area contributed by atoms with Crippen LogP contribution in [0.25, 0.3) is 10.2 Å². The van der Waals surface area contributed by atoms with Gasteiger partial charge in [-0.2, -0.15) is 0 Å². The molecule has 6 heteroatoms.